The van der Waals surface area contributed by atoms with Gasteiger partial charge >= 0.3 is 0 Å². The SMILES string of the molecule is CCCc1cc(=O)[nH]c2cc(NC(=O)c3cnn(-c4ccccc4)n3)ccc12. The third kappa shape index (κ3) is 3.55. The first kappa shape index (κ1) is 17.7. The highest BCUT2D eigenvalue weighted by Crippen LogP contribution is 2.21. The molecule has 28 heavy (non-hydrogen) atoms. The molecule has 2 aromatic heterocycles. The van der Waals surface area contributed by atoms with Crippen molar-refractivity contribution in [3.05, 3.63) is 82.4 Å². The van der Waals surface area contributed by atoms with Crippen molar-refractivity contribution in [3.63, 3.8) is 0 Å². The maximum absolute atomic E-state index is 12.5. The summed E-state index contributed by atoms with van der Waals surface area (Å²) in [6, 6.07) is 16.5. The molecule has 0 aliphatic heterocycles. The fraction of sp³-hybridized carbons (Fsp3) is 0.143. The van der Waals surface area contributed by atoms with Gasteiger partial charge in [0.25, 0.3) is 5.91 Å². The zero-order valence-corrected chi connectivity index (χ0v) is 15.3. The molecule has 0 atom stereocenters. The number of aryl methyl sites for hydroxylation is 1. The lowest BCUT2D eigenvalue weighted by molar-refractivity contribution is 0.102. The Morgan fingerprint density at radius 3 is 2.75 bits per heavy atom. The first-order valence-corrected chi connectivity index (χ1v) is 9.09. The third-order valence-electron chi connectivity index (χ3n) is 4.42. The molecule has 0 aliphatic rings. The molecule has 0 saturated heterocycles. The van der Waals surface area contributed by atoms with Gasteiger partial charge in [-0.2, -0.15) is 9.90 Å². The molecule has 0 fully saturated rings. The van der Waals surface area contributed by atoms with E-state index in [4.69, 9.17) is 0 Å². The predicted octanol–water partition coefficient (Wildman–Crippen LogP) is 3.31. The van der Waals surface area contributed by atoms with E-state index in [1.165, 1.54) is 11.0 Å². The van der Waals surface area contributed by atoms with Crippen molar-refractivity contribution in [2.45, 2.75) is 19.8 Å². The van der Waals surface area contributed by atoms with E-state index in [2.05, 4.69) is 27.4 Å². The van der Waals surface area contributed by atoms with Crippen LogP contribution >= 0.6 is 0 Å². The maximum Gasteiger partial charge on any atom is 0.277 e. The number of fused-ring (bicyclic) bond motifs is 1. The number of nitrogens with zero attached hydrogens (tertiary/aromatic N) is 3. The summed E-state index contributed by atoms with van der Waals surface area (Å²) in [4.78, 5) is 28.7. The van der Waals surface area contributed by atoms with Crippen molar-refractivity contribution in [3.8, 4) is 5.69 Å². The van der Waals surface area contributed by atoms with Gasteiger partial charge in [-0.1, -0.05) is 37.6 Å². The van der Waals surface area contributed by atoms with Gasteiger partial charge in [0.05, 0.1) is 17.4 Å². The van der Waals surface area contributed by atoms with E-state index < -0.39 is 0 Å². The molecule has 2 heterocycles. The number of aromatic nitrogens is 4. The molecule has 2 aromatic carbocycles. The molecule has 2 N–H and O–H groups in total. The van der Waals surface area contributed by atoms with Gasteiger partial charge in [0, 0.05) is 17.1 Å². The van der Waals surface area contributed by atoms with Gasteiger partial charge in [-0.05, 0) is 36.2 Å². The Hall–Kier alpha value is -3.74. The highest BCUT2D eigenvalue weighted by atomic mass is 16.2. The highest BCUT2D eigenvalue weighted by Gasteiger charge is 2.13. The number of carbonyl (C=O) groups is 1. The second-order valence-electron chi connectivity index (χ2n) is 6.48. The monoisotopic (exact) mass is 373 g/mol. The average Bonchev–Trinajstić information content (AvgIpc) is 3.19. The minimum Gasteiger partial charge on any atom is -0.322 e. The van der Waals surface area contributed by atoms with Gasteiger partial charge in [0.1, 0.15) is 0 Å². The molecule has 4 aromatic rings. The molecule has 0 bridgehead atoms. The molecule has 140 valence electrons. The lowest BCUT2D eigenvalue weighted by atomic mass is 10.0. The summed E-state index contributed by atoms with van der Waals surface area (Å²) < 4.78 is 0. The second-order valence-corrected chi connectivity index (χ2v) is 6.48. The van der Waals surface area contributed by atoms with Crippen LogP contribution < -0.4 is 10.9 Å². The Bertz CT molecular complexity index is 1190. The molecular weight excluding hydrogens is 354 g/mol. The minimum absolute atomic E-state index is 0.148. The summed E-state index contributed by atoms with van der Waals surface area (Å²) in [5.41, 5.74) is 3.11. The largest absolute Gasteiger partial charge is 0.322 e. The number of amides is 1. The Kier molecular flexibility index (Phi) is 4.72. The maximum atomic E-state index is 12.5. The van der Waals surface area contributed by atoms with Gasteiger partial charge in [0.2, 0.25) is 5.56 Å². The summed E-state index contributed by atoms with van der Waals surface area (Å²) in [5, 5.41) is 12.2. The number of para-hydroxylation sites is 1. The number of benzene rings is 2. The van der Waals surface area contributed by atoms with Crippen LogP contribution in [0.15, 0.2) is 65.6 Å². The van der Waals surface area contributed by atoms with Crippen molar-refractivity contribution in [2.24, 2.45) is 0 Å². The van der Waals surface area contributed by atoms with Crippen molar-refractivity contribution in [1.82, 2.24) is 20.0 Å². The molecule has 0 spiro atoms. The minimum atomic E-state index is -0.367. The van der Waals surface area contributed by atoms with E-state index in [0.29, 0.717) is 11.2 Å². The average molecular weight is 373 g/mol. The van der Waals surface area contributed by atoms with E-state index in [9.17, 15) is 9.59 Å². The fourth-order valence-corrected chi connectivity index (χ4v) is 3.13. The summed E-state index contributed by atoms with van der Waals surface area (Å²) in [7, 11) is 0. The zero-order chi connectivity index (χ0) is 19.5. The van der Waals surface area contributed by atoms with Crippen LogP contribution in [0.3, 0.4) is 0 Å². The van der Waals surface area contributed by atoms with Crippen LogP contribution in [0.1, 0.15) is 29.4 Å². The van der Waals surface area contributed by atoms with Crippen LogP contribution in [0, 0.1) is 0 Å². The van der Waals surface area contributed by atoms with Crippen LogP contribution in [0.25, 0.3) is 16.6 Å². The molecule has 7 nitrogen and oxygen atoms in total. The smallest absolute Gasteiger partial charge is 0.277 e. The van der Waals surface area contributed by atoms with E-state index in [0.717, 1.165) is 29.5 Å². The Morgan fingerprint density at radius 2 is 1.96 bits per heavy atom. The number of hydrogen-bond donors (Lipinski definition) is 2. The second kappa shape index (κ2) is 7.48. The Labute approximate surface area is 161 Å². The number of hydrogen-bond acceptors (Lipinski definition) is 4. The van der Waals surface area contributed by atoms with Crippen LogP contribution in [-0.2, 0) is 6.42 Å². The normalized spacial score (nSPS) is 10.9. The van der Waals surface area contributed by atoms with Gasteiger partial charge in [-0.15, -0.1) is 5.10 Å². The molecule has 0 saturated carbocycles. The number of nitrogens with one attached hydrogen (secondary N) is 2. The topological polar surface area (TPSA) is 92.7 Å². The number of anilines is 1. The van der Waals surface area contributed by atoms with Crippen LogP contribution in [0.5, 0.6) is 0 Å². The van der Waals surface area contributed by atoms with E-state index in [1.54, 1.807) is 12.1 Å². The molecule has 4 rings (SSSR count). The first-order chi connectivity index (χ1) is 13.6. The van der Waals surface area contributed by atoms with E-state index >= 15 is 0 Å². The summed E-state index contributed by atoms with van der Waals surface area (Å²) >= 11 is 0. The number of aromatic amines is 1. The number of rotatable bonds is 5. The van der Waals surface area contributed by atoms with Crippen molar-refractivity contribution in [1.29, 1.82) is 0 Å². The molecular formula is C21H19N5O2. The number of H-pyrrole nitrogens is 1. The summed E-state index contributed by atoms with van der Waals surface area (Å²) in [6.07, 6.45) is 3.20. The van der Waals surface area contributed by atoms with Gasteiger partial charge in [0.15, 0.2) is 5.69 Å². The van der Waals surface area contributed by atoms with Gasteiger partial charge in [-0.3, -0.25) is 9.59 Å². The lowest BCUT2D eigenvalue weighted by Gasteiger charge is -2.08. The summed E-state index contributed by atoms with van der Waals surface area (Å²) in [5.74, 6) is -0.367. The molecule has 1 amide bonds. The number of carbonyl (C=O) groups excluding carboxylic acids is 1. The molecule has 0 aliphatic carbocycles. The van der Waals surface area contributed by atoms with Gasteiger partial charge < -0.3 is 10.3 Å². The quantitative estimate of drug-likeness (QED) is 0.561. The lowest BCUT2D eigenvalue weighted by Crippen LogP contribution is -2.13. The Morgan fingerprint density at radius 1 is 1.14 bits per heavy atom. The van der Waals surface area contributed by atoms with Crippen molar-refractivity contribution < 1.29 is 4.79 Å². The molecule has 0 radical (unpaired) electrons. The predicted molar refractivity (Wildman–Crippen MR) is 108 cm³/mol. The standard InChI is InChI=1S/C21H19N5O2/c1-2-6-14-11-20(27)24-18-12-15(9-10-17(14)18)23-21(28)19-13-22-26(25-19)16-7-4-3-5-8-16/h3-5,7-13H,2,6H2,1H3,(H,23,28)(H,24,27). The van der Waals surface area contributed by atoms with Crippen LogP contribution in [-0.4, -0.2) is 25.9 Å². The van der Waals surface area contributed by atoms with Crippen molar-refractivity contribution in [2.75, 3.05) is 5.32 Å². The van der Waals surface area contributed by atoms with Crippen LogP contribution in [0.2, 0.25) is 0 Å². The highest BCUT2D eigenvalue weighted by molar-refractivity contribution is 6.03. The summed E-state index contributed by atoms with van der Waals surface area (Å²) in [6.45, 7) is 2.07. The van der Waals surface area contributed by atoms with Crippen molar-refractivity contribution >= 4 is 22.5 Å². The fourth-order valence-electron chi connectivity index (χ4n) is 3.13. The van der Waals surface area contributed by atoms with E-state index in [1.807, 2.05) is 42.5 Å². The zero-order valence-electron chi connectivity index (χ0n) is 15.3. The molecule has 0 unspecified atom stereocenters. The first-order valence-electron chi connectivity index (χ1n) is 9.09. The number of pyridine rings is 1. The van der Waals surface area contributed by atoms with Gasteiger partial charge in [-0.25, -0.2) is 0 Å². The molecule has 7 heteroatoms. The van der Waals surface area contributed by atoms with E-state index in [-0.39, 0.29) is 17.2 Å². The third-order valence-corrected chi connectivity index (χ3v) is 4.42. The Balaban J connectivity index is 1.59. The van der Waals surface area contributed by atoms with Crippen LogP contribution in [0.4, 0.5) is 5.69 Å².